The van der Waals surface area contributed by atoms with E-state index in [1.807, 2.05) is 11.3 Å². The van der Waals surface area contributed by atoms with Crippen LogP contribution in [0.15, 0.2) is 17.5 Å². The topological polar surface area (TPSA) is 21.3 Å². The smallest absolute Gasteiger partial charge is 0.0599 e. The zero-order valence-corrected chi connectivity index (χ0v) is 10.6. The number of hydrogen-bond acceptors (Lipinski definition) is 3. The summed E-state index contributed by atoms with van der Waals surface area (Å²) in [5, 5.41) is 5.59. The predicted molar refractivity (Wildman–Crippen MR) is 67.0 cm³/mol. The van der Waals surface area contributed by atoms with Crippen molar-refractivity contribution in [2.24, 2.45) is 5.41 Å². The maximum absolute atomic E-state index is 5.57. The third-order valence-corrected chi connectivity index (χ3v) is 5.60. The second-order valence-corrected chi connectivity index (χ2v) is 6.16. The molecule has 3 rings (SSSR count). The lowest BCUT2D eigenvalue weighted by atomic mass is 9.51. The van der Waals surface area contributed by atoms with Crippen LogP contribution in [-0.2, 0) is 10.2 Å². The van der Waals surface area contributed by atoms with Gasteiger partial charge in [0.05, 0.1) is 18.6 Å². The summed E-state index contributed by atoms with van der Waals surface area (Å²) in [4.78, 5) is 1.54. The lowest BCUT2D eigenvalue weighted by Crippen LogP contribution is -2.64. The zero-order chi connectivity index (χ0) is 11.1. The summed E-state index contributed by atoms with van der Waals surface area (Å²) in [5.41, 5.74) is 0.785. The molecule has 0 bridgehead atoms. The first-order chi connectivity index (χ1) is 7.83. The van der Waals surface area contributed by atoms with E-state index in [1.165, 1.54) is 24.1 Å². The third-order valence-electron chi connectivity index (χ3n) is 4.53. The van der Waals surface area contributed by atoms with E-state index in [0.29, 0.717) is 10.8 Å². The summed E-state index contributed by atoms with van der Waals surface area (Å²) in [6.45, 7) is 2.98. The van der Waals surface area contributed by atoms with Gasteiger partial charge in [-0.3, -0.25) is 0 Å². The molecule has 2 nitrogen and oxygen atoms in total. The van der Waals surface area contributed by atoms with Gasteiger partial charge in [0.25, 0.3) is 0 Å². The normalized spacial score (nSPS) is 25.8. The maximum atomic E-state index is 5.57. The largest absolute Gasteiger partial charge is 0.379 e. The van der Waals surface area contributed by atoms with Gasteiger partial charge in [-0.1, -0.05) is 12.5 Å². The van der Waals surface area contributed by atoms with Crippen molar-refractivity contribution in [2.45, 2.75) is 24.7 Å². The first-order valence-electron chi connectivity index (χ1n) is 6.09. The van der Waals surface area contributed by atoms with Crippen LogP contribution in [-0.4, -0.2) is 26.8 Å². The van der Waals surface area contributed by atoms with Gasteiger partial charge in [0, 0.05) is 11.4 Å². The molecule has 2 aliphatic rings. The molecular weight excluding hydrogens is 218 g/mol. The molecule has 1 saturated heterocycles. The molecule has 1 aromatic heterocycles. The van der Waals surface area contributed by atoms with Crippen LogP contribution in [0.3, 0.4) is 0 Å². The van der Waals surface area contributed by atoms with Crippen LogP contribution in [0, 0.1) is 5.41 Å². The molecule has 1 aliphatic carbocycles. The Labute approximate surface area is 101 Å². The SMILES string of the molecule is CNCC1(C2(c3cccs3)COC2)CCC1. The van der Waals surface area contributed by atoms with E-state index >= 15 is 0 Å². The van der Waals surface area contributed by atoms with E-state index in [0.717, 1.165) is 19.8 Å². The van der Waals surface area contributed by atoms with Gasteiger partial charge in [-0.25, -0.2) is 0 Å². The molecule has 1 saturated carbocycles. The van der Waals surface area contributed by atoms with Crippen LogP contribution in [0.4, 0.5) is 0 Å². The van der Waals surface area contributed by atoms with Gasteiger partial charge in [0.15, 0.2) is 0 Å². The maximum Gasteiger partial charge on any atom is 0.0599 e. The van der Waals surface area contributed by atoms with E-state index in [1.54, 1.807) is 0 Å². The van der Waals surface area contributed by atoms with Gasteiger partial charge >= 0.3 is 0 Å². The fourth-order valence-electron chi connectivity index (χ4n) is 3.33. The molecule has 0 aromatic carbocycles. The van der Waals surface area contributed by atoms with Crippen molar-refractivity contribution < 1.29 is 4.74 Å². The van der Waals surface area contributed by atoms with Crippen LogP contribution in [0.5, 0.6) is 0 Å². The summed E-state index contributed by atoms with van der Waals surface area (Å²) in [7, 11) is 2.07. The van der Waals surface area contributed by atoms with Crippen molar-refractivity contribution in [1.29, 1.82) is 0 Å². The fraction of sp³-hybridized carbons (Fsp3) is 0.692. The van der Waals surface area contributed by atoms with Crippen molar-refractivity contribution in [3.63, 3.8) is 0 Å². The van der Waals surface area contributed by atoms with Crippen LogP contribution in [0.25, 0.3) is 0 Å². The minimum absolute atomic E-state index is 0.322. The summed E-state index contributed by atoms with van der Waals surface area (Å²) in [5.74, 6) is 0. The number of hydrogen-bond donors (Lipinski definition) is 1. The molecule has 0 spiro atoms. The lowest BCUT2D eigenvalue weighted by molar-refractivity contribution is -0.154. The highest BCUT2D eigenvalue weighted by molar-refractivity contribution is 7.10. The molecule has 88 valence electrons. The highest BCUT2D eigenvalue weighted by Gasteiger charge is 2.59. The number of thiophene rings is 1. The van der Waals surface area contributed by atoms with Crippen molar-refractivity contribution in [1.82, 2.24) is 5.32 Å². The highest BCUT2D eigenvalue weighted by atomic mass is 32.1. The van der Waals surface area contributed by atoms with E-state index in [-0.39, 0.29) is 0 Å². The summed E-state index contributed by atoms with van der Waals surface area (Å²) >= 11 is 1.90. The van der Waals surface area contributed by atoms with Crippen LogP contribution < -0.4 is 5.32 Å². The molecule has 3 heteroatoms. The minimum Gasteiger partial charge on any atom is -0.379 e. The summed E-state index contributed by atoms with van der Waals surface area (Å²) < 4.78 is 5.57. The molecule has 0 amide bonds. The lowest BCUT2D eigenvalue weighted by Gasteiger charge is -2.59. The Morgan fingerprint density at radius 3 is 2.62 bits per heavy atom. The number of ether oxygens (including phenoxy) is 1. The van der Waals surface area contributed by atoms with E-state index in [4.69, 9.17) is 4.74 Å². The van der Waals surface area contributed by atoms with Gasteiger partial charge in [-0.05, 0) is 36.8 Å². The van der Waals surface area contributed by atoms with Crippen LogP contribution in [0.1, 0.15) is 24.1 Å². The molecule has 1 N–H and O–H groups in total. The van der Waals surface area contributed by atoms with Gasteiger partial charge in [-0.2, -0.15) is 0 Å². The molecule has 0 atom stereocenters. The standard InChI is InChI=1S/C13H19NOS/c1-14-8-12(5-3-6-12)13(9-15-10-13)11-4-2-7-16-11/h2,4,7,14H,3,5-6,8-10H2,1H3. The van der Waals surface area contributed by atoms with Crippen LogP contribution >= 0.6 is 11.3 Å². The zero-order valence-electron chi connectivity index (χ0n) is 9.79. The van der Waals surface area contributed by atoms with Gasteiger partial charge in [0.1, 0.15) is 0 Å². The van der Waals surface area contributed by atoms with E-state index < -0.39 is 0 Å². The molecule has 0 radical (unpaired) electrons. The quantitative estimate of drug-likeness (QED) is 0.868. The van der Waals surface area contributed by atoms with E-state index in [2.05, 4.69) is 29.9 Å². The van der Waals surface area contributed by atoms with Gasteiger partial charge in [0.2, 0.25) is 0 Å². The first-order valence-corrected chi connectivity index (χ1v) is 6.97. The average molecular weight is 237 g/mol. The number of nitrogens with one attached hydrogen (secondary N) is 1. The Morgan fingerprint density at radius 2 is 2.25 bits per heavy atom. The summed E-state index contributed by atoms with van der Waals surface area (Å²) in [6, 6.07) is 4.47. The Morgan fingerprint density at radius 1 is 1.44 bits per heavy atom. The Kier molecular flexibility index (Phi) is 2.57. The van der Waals surface area contributed by atoms with Crippen molar-refractivity contribution >= 4 is 11.3 Å². The third kappa shape index (κ3) is 1.25. The molecule has 1 aliphatic heterocycles. The average Bonchev–Trinajstić information content (AvgIpc) is 2.65. The predicted octanol–water partition coefficient (Wildman–Crippen LogP) is 2.41. The second kappa shape index (κ2) is 3.83. The highest BCUT2D eigenvalue weighted by Crippen LogP contribution is 2.58. The molecule has 0 unspecified atom stereocenters. The second-order valence-electron chi connectivity index (χ2n) is 5.22. The van der Waals surface area contributed by atoms with Crippen molar-refractivity contribution in [3.05, 3.63) is 22.4 Å². The Balaban J connectivity index is 1.95. The molecule has 2 heterocycles. The van der Waals surface area contributed by atoms with Gasteiger partial charge in [-0.15, -0.1) is 11.3 Å². The fourth-order valence-corrected chi connectivity index (χ4v) is 4.35. The Hall–Kier alpha value is -0.380. The molecular formula is C13H19NOS. The van der Waals surface area contributed by atoms with Crippen LogP contribution in [0.2, 0.25) is 0 Å². The monoisotopic (exact) mass is 237 g/mol. The summed E-state index contributed by atoms with van der Waals surface area (Å²) in [6.07, 6.45) is 4.10. The van der Waals surface area contributed by atoms with Crippen molar-refractivity contribution in [2.75, 3.05) is 26.8 Å². The van der Waals surface area contributed by atoms with Gasteiger partial charge < -0.3 is 10.1 Å². The minimum atomic E-state index is 0.322. The molecule has 16 heavy (non-hydrogen) atoms. The Bertz CT molecular complexity index is 352. The van der Waals surface area contributed by atoms with Crippen molar-refractivity contribution in [3.8, 4) is 0 Å². The molecule has 1 aromatic rings. The number of rotatable bonds is 4. The first kappa shape index (κ1) is 10.8. The van der Waals surface area contributed by atoms with E-state index in [9.17, 15) is 0 Å². The molecule has 2 fully saturated rings.